The maximum atomic E-state index is 9.78. The first-order chi connectivity index (χ1) is 2.27. The van der Waals surface area contributed by atoms with Crippen molar-refractivity contribution in [3.05, 3.63) is 0 Å². The van der Waals surface area contributed by atoms with Crippen molar-refractivity contribution >= 4 is 29.2 Å². The monoisotopic (exact) mass is 263 g/mol. The average molecular weight is 262 g/mol. The van der Waals surface area contributed by atoms with Gasteiger partial charge in [0.05, 0.1) is 0 Å². The Morgan fingerprint density at radius 3 is 2.20 bits per heavy atom. The van der Waals surface area contributed by atoms with Crippen LogP contribution < -0.4 is 5.32 Å². The van der Waals surface area contributed by atoms with Gasteiger partial charge in [-0.1, -0.05) is 0 Å². The van der Waals surface area contributed by atoms with Crippen molar-refractivity contribution in [1.29, 1.82) is 0 Å². The molecule has 0 aromatic heterocycles. The summed E-state index contributed by atoms with van der Waals surface area (Å²) in [5.41, 5.74) is 0. The van der Waals surface area contributed by atoms with Crippen LogP contribution in [0.5, 0.6) is 0 Å². The first-order valence-corrected chi connectivity index (χ1v) is 3.49. The minimum absolute atomic E-state index is 0.171. The third-order valence-electron chi connectivity index (χ3n) is 0.246. The van der Waals surface area contributed by atoms with Crippen LogP contribution in [0.1, 0.15) is 0 Å². The van der Waals surface area contributed by atoms with Crippen molar-refractivity contribution in [1.82, 2.24) is 5.32 Å². The summed E-state index contributed by atoms with van der Waals surface area (Å²) in [6.45, 7) is 0. The fourth-order valence-electron chi connectivity index (χ4n) is 0. The van der Waals surface area contributed by atoms with Crippen LogP contribution in [-0.4, -0.2) is 36.3 Å². The Morgan fingerprint density at radius 1 is 2.00 bits per heavy atom. The predicted molar refractivity (Wildman–Crippen MR) is 20.2 cm³/mol. The van der Waals surface area contributed by atoms with Crippen molar-refractivity contribution < 1.29 is 4.79 Å². The van der Waals surface area contributed by atoms with E-state index in [1.807, 2.05) is 0 Å². The summed E-state index contributed by atoms with van der Waals surface area (Å²) in [4.78, 5) is 9.78. The normalized spacial score (nSPS) is 6.40. The van der Waals surface area contributed by atoms with E-state index in [9.17, 15) is 4.79 Å². The summed E-state index contributed by atoms with van der Waals surface area (Å²) in [5.74, 6) is 0. The van der Waals surface area contributed by atoms with E-state index in [0.717, 1.165) is 0 Å². The van der Waals surface area contributed by atoms with Crippen LogP contribution in [0.4, 0.5) is 4.79 Å². The molecule has 0 spiro atoms. The molecule has 0 aliphatic carbocycles. The summed E-state index contributed by atoms with van der Waals surface area (Å²) < 4.78 is 0.171. The second kappa shape index (κ2) is 2.62. The number of nitrogens with one attached hydrogen (secondary N) is 1. The average Bonchev–Trinajstić information content (AvgIpc) is 1.38. The summed E-state index contributed by atoms with van der Waals surface area (Å²) in [6, 6.07) is 0. The molecule has 1 amide bonds. The SMILES string of the molecule is CN[C](=O)[Tl]. The molecule has 0 unspecified atom stereocenters. The molecule has 0 aromatic rings. The van der Waals surface area contributed by atoms with Gasteiger partial charge in [0.15, 0.2) is 0 Å². The first kappa shape index (κ1) is 5.39. The van der Waals surface area contributed by atoms with E-state index in [2.05, 4.69) is 5.32 Å². The van der Waals surface area contributed by atoms with Crippen molar-refractivity contribution in [2.75, 3.05) is 7.05 Å². The molecule has 0 rings (SSSR count). The van der Waals surface area contributed by atoms with E-state index in [1.165, 1.54) is 0 Å². The molecular formula is C2H4NOTl. The van der Waals surface area contributed by atoms with Gasteiger partial charge in [0, 0.05) is 0 Å². The number of carbonyl (C=O) groups excluding carboxylic acids is 1. The van der Waals surface area contributed by atoms with Gasteiger partial charge in [-0.3, -0.25) is 0 Å². The molecular weight excluding hydrogens is 258 g/mol. The zero-order valence-corrected chi connectivity index (χ0v) is 7.47. The molecule has 0 heterocycles. The van der Waals surface area contributed by atoms with Gasteiger partial charge in [-0.25, -0.2) is 0 Å². The summed E-state index contributed by atoms with van der Waals surface area (Å²) in [7, 11) is 1.64. The zero-order chi connectivity index (χ0) is 4.28. The molecule has 0 fully saturated rings. The van der Waals surface area contributed by atoms with Gasteiger partial charge in [-0.2, -0.15) is 0 Å². The van der Waals surface area contributed by atoms with E-state index >= 15 is 0 Å². The summed E-state index contributed by atoms with van der Waals surface area (Å²) in [6.07, 6.45) is 0. The van der Waals surface area contributed by atoms with Gasteiger partial charge in [0.1, 0.15) is 0 Å². The number of amides is 1. The Hall–Kier alpha value is 0.392. The van der Waals surface area contributed by atoms with Crippen LogP contribution in [0.3, 0.4) is 0 Å². The number of hydrogen-bond donors (Lipinski definition) is 1. The quantitative estimate of drug-likeness (QED) is 0.586. The molecule has 0 radical (unpaired) electrons. The molecule has 0 aromatic carbocycles. The molecule has 26 valence electrons. The van der Waals surface area contributed by atoms with Crippen molar-refractivity contribution in [3.8, 4) is 0 Å². The third-order valence-corrected chi connectivity index (χ3v) is 1.37. The van der Waals surface area contributed by atoms with E-state index < -0.39 is 0 Å². The Bertz CT molecular complexity index is 44.9. The third kappa shape index (κ3) is 4.39. The summed E-state index contributed by atoms with van der Waals surface area (Å²) >= 11 is 0.449. The van der Waals surface area contributed by atoms with Gasteiger partial charge in [-0.05, 0) is 0 Å². The molecule has 0 atom stereocenters. The van der Waals surface area contributed by atoms with Gasteiger partial charge >= 0.3 is 46.4 Å². The van der Waals surface area contributed by atoms with Crippen molar-refractivity contribution in [2.24, 2.45) is 0 Å². The Morgan fingerprint density at radius 2 is 2.20 bits per heavy atom. The molecule has 3 heteroatoms. The second-order valence-corrected chi connectivity index (χ2v) is 2.65. The van der Waals surface area contributed by atoms with Crippen molar-refractivity contribution in [2.45, 2.75) is 0 Å². The zero-order valence-electron chi connectivity index (χ0n) is 2.99. The van der Waals surface area contributed by atoms with E-state index in [-0.39, 0.29) is 3.47 Å². The number of hydrogen-bond acceptors (Lipinski definition) is 1. The fraction of sp³-hybridized carbons (Fsp3) is 0.500. The van der Waals surface area contributed by atoms with Crippen LogP contribution >= 0.6 is 0 Å². The first-order valence-electron chi connectivity index (χ1n) is 1.24. The molecule has 5 heavy (non-hydrogen) atoms. The minimum atomic E-state index is 0.171. The second-order valence-electron chi connectivity index (χ2n) is 0.614. The predicted octanol–water partition coefficient (Wildman–Crippen LogP) is -0.506. The van der Waals surface area contributed by atoms with Gasteiger partial charge in [0.25, 0.3) is 0 Å². The summed E-state index contributed by atoms with van der Waals surface area (Å²) in [5, 5.41) is 2.46. The molecule has 0 saturated carbocycles. The molecule has 0 bridgehead atoms. The van der Waals surface area contributed by atoms with E-state index in [1.54, 1.807) is 7.05 Å². The molecule has 1 N–H and O–H groups in total. The van der Waals surface area contributed by atoms with Crippen LogP contribution in [0, 0.1) is 0 Å². The Kier molecular flexibility index (Phi) is 2.83. The molecule has 2 nitrogen and oxygen atoms in total. The Balaban J connectivity index is 2.85. The van der Waals surface area contributed by atoms with Crippen LogP contribution in [0.25, 0.3) is 0 Å². The molecule has 0 aliphatic heterocycles. The molecule has 0 aliphatic rings. The van der Waals surface area contributed by atoms with Crippen LogP contribution in [-0.2, 0) is 0 Å². The van der Waals surface area contributed by atoms with Gasteiger partial charge < -0.3 is 0 Å². The van der Waals surface area contributed by atoms with Gasteiger partial charge in [0.2, 0.25) is 0 Å². The van der Waals surface area contributed by atoms with E-state index in [0.29, 0.717) is 25.8 Å². The fourth-order valence-corrected chi connectivity index (χ4v) is 0. The number of rotatable bonds is 0. The topological polar surface area (TPSA) is 29.1 Å². The molecule has 0 saturated heterocycles. The maximum absolute atomic E-state index is 9.78. The van der Waals surface area contributed by atoms with Gasteiger partial charge in [-0.15, -0.1) is 0 Å². The van der Waals surface area contributed by atoms with Crippen LogP contribution in [0.15, 0.2) is 0 Å². The van der Waals surface area contributed by atoms with E-state index in [4.69, 9.17) is 0 Å². The van der Waals surface area contributed by atoms with Crippen LogP contribution in [0.2, 0.25) is 0 Å². The van der Waals surface area contributed by atoms with Crippen molar-refractivity contribution in [3.63, 3.8) is 0 Å². The Labute approximate surface area is 46.6 Å². The standard InChI is InChI=1S/C2H4NO.Tl/c1-3-2-4;/h1H3,(H,3,4);. The number of carbonyl (C=O) groups is 1.